The van der Waals surface area contributed by atoms with E-state index >= 15 is 0 Å². The first kappa shape index (κ1) is 95.9. The number of aromatic nitrogens is 2. The van der Waals surface area contributed by atoms with Crippen LogP contribution < -0.4 is 54.0 Å². The van der Waals surface area contributed by atoms with Crippen LogP contribution in [0.25, 0.3) is 21.8 Å². The molecule has 4 aromatic rings. The molecule has 0 fully saturated rings. The number of hydrogen-bond acceptors (Lipinski definition) is 14. The number of aromatic amines is 2. The fourth-order valence-electron chi connectivity index (χ4n) is 11.0. The van der Waals surface area contributed by atoms with Crippen LogP contribution >= 0.6 is 0 Å². The fraction of sp³-hybridized carbons (Fsp3) is 0.700. The zero-order chi connectivity index (χ0) is 77.4. The van der Waals surface area contributed by atoms with Gasteiger partial charge < -0.3 is 64.0 Å². The molecule has 0 aliphatic heterocycles. The third-order valence-electron chi connectivity index (χ3n) is 16.0. The molecular weight excluding hydrogens is 1260 g/mol. The summed E-state index contributed by atoms with van der Waals surface area (Å²) in [6.07, 6.45) is 8.43. The topological polar surface area (TPSA) is 316 Å². The Kier molecular flexibility index (Phi) is 49.0. The molecule has 6 atom stereocenters. The molecule has 4 amide bonds. The molecule has 2 aromatic heterocycles. The largest absolute Gasteiger partial charge is 0.361 e. The van der Waals surface area contributed by atoms with Crippen molar-refractivity contribution in [3.8, 4) is 0 Å². The zero-order valence-electron chi connectivity index (χ0n) is 67.4. The second-order valence-corrected chi connectivity index (χ2v) is 30.9. The lowest BCUT2D eigenvalue weighted by Crippen LogP contribution is -2.46. The van der Waals surface area contributed by atoms with E-state index in [-0.39, 0.29) is 107 Å². The molecule has 20 nitrogen and oxygen atoms in total. The number of benzene rings is 2. The maximum absolute atomic E-state index is 12.4. The van der Waals surface area contributed by atoms with Gasteiger partial charge in [0.05, 0.1) is 36.3 Å². The Morgan fingerprint density at radius 3 is 0.800 bits per heavy atom. The van der Waals surface area contributed by atoms with Crippen LogP contribution in [0, 0.1) is 47.3 Å². The maximum atomic E-state index is 12.4. The minimum atomic E-state index is -0.520. The highest BCUT2D eigenvalue weighted by molar-refractivity contribution is 5.90. The number of ketones is 6. The summed E-state index contributed by atoms with van der Waals surface area (Å²) in [6, 6.07) is 16.8. The number of Topliss-reactive ketones (excluding diaryl/α,β-unsaturated/α-hetero) is 6. The van der Waals surface area contributed by atoms with Gasteiger partial charge in [-0.05, 0) is 73.6 Å². The van der Waals surface area contributed by atoms with Gasteiger partial charge in [-0.2, -0.15) is 0 Å². The molecule has 0 radical (unpaired) electrons. The van der Waals surface area contributed by atoms with Crippen LogP contribution in [0.1, 0.15) is 231 Å². The van der Waals surface area contributed by atoms with Crippen LogP contribution in [0.5, 0.6) is 0 Å². The van der Waals surface area contributed by atoms with Gasteiger partial charge in [-0.25, -0.2) is 9.59 Å². The minimum Gasteiger partial charge on any atom is -0.361 e. The third-order valence-corrected chi connectivity index (χ3v) is 16.0. The highest BCUT2D eigenvalue weighted by atomic mass is 16.2. The van der Waals surface area contributed by atoms with Gasteiger partial charge in [0.25, 0.3) is 0 Å². The Balaban J connectivity index is 0. The summed E-state index contributed by atoms with van der Waals surface area (Å²) < 4.78 is 0. The Bertz CT molecular complexity index is 2760. The number of rotatable bonds is 38. The molecule has 572 valence electrons. The van der Waals surface area contributed by atoms with Crippen molar-refractivity contribution in [3.63, 3.8) is 0 Å². The number of fused-ring (bicyclic) bond motifs is 2. The summed E-state index contributed by atoms with van der Waals surface area (Å²) in [5.74, 6) is 2.79. The van der Waals surface area contributed by atoms with Crippen LogP contribution in [0.3, 0.4) is 0 Å². The average molecular weight is 1400 g/mol. The maximum Gasteiger partial charge on any atom is 0.312 e. The van der Waals surface area contributed by atoms with E-state index in [1.165, 1.54) is 21.9 Å². The Labute approximate surface area is 605 Å². The summed E-state index contributed by atoms with van der Waals surface area (Å²) >= 11 is 0. The summed E-state index contributed by atoms with van der Waals surface area (Å²) in [6.45, 7) is 57.3. The van der Waals surface area contributed by atoms with Gasteiger partial charge in [0, 0.05) is 119 Å². The molecule has 4 rings (SSSR count). The van der Waals surface area contributed by atoms with Crippen molar-refractivity contribution in [1.29, 1.82) is 0 Å². The molecule has 0 spiro atoms. The predicted octanol–water partition coefficient (Wildman–Crippen LogP) is 13.1. The molecule has 0 bridgehead atoms. The normalized spacial score (nSPS) is 13.4. The van der Waals surface area contributed by atoms with Crippen molar-refractivity contribution in [2.75, 3.05) is 13.1 Å². The van der Waals surface area contributed by atoms with Gasteiger partial charge in [-0.15, -0.1) is 0 Å². The molecular formula is C80H144N12O8. The lowest BCUT2D eigenvalue weighted by Gasteiger charge is -2.25. The van der Waals surface area contributed by atoms with Crippen molar-refractivity contribution < 1.29 is 38.4 Å². The van der Waals surface area contributed by atoms with Gasteiger partial charge in [-0.1, -0.05) is 230 Å². The molecule has 100 heavy (non-hydrogen) atoms. The molecule has 20 heteroatoms. The van der Waals surface area contributed by atoms with Crippen LogP contribution in [0.15, 0.2) is 60.9 Å². The second kappa shape index (κ2) is 51.1. The van der Waals surface area contributed by atoms with Crippen molar-refractivity contribution in [3.05, 3.63) is 72.1 Å². The van der Waals surface area contributed by atoms with Crippen molar-refractivity contribution >= 4 is 68.6 Å². The molecule has 14 N–H and O–H groups in total. The van der Waals surface area contributed by atoms with Crippen LogP contribution in [0.4, 0.5) is 9.59 Å². The fourth-order valence-corrected chi connectivity index (χ4v) is 11.0. The van der Waals surface area contributed by atoms with Gasteiger partial charge >= 0.3 is 12.1 Å². The number of amides is 4. The molecule has 2 aromatic carbocycles. The lowest BCUT2D eigenvalue weighted by molar-refractivity contribution is -0.125. The van der Waals surface area contributed by atoms with E-state index < -0.39 is 12.1 Å². The second-order valence-electron chi connectivity index (χ2n) is 30.9. The number of hydrogen-bond donors (Lipinski definition) is 12. The number of para-hydroxylation sites is 2. The molecule has 2 heterocycles. The first-order valence-corrected chi connectivity index (χ1v) is 37.3. The summed E-state index contributed by atoms with van der Waals surface area (Å²) in [4.78, 5) is 99.7. The molecule has 0 saturated heterocycles. The van der Waals surface area contributed by atoms with Gasteiger partial charge in [0.1, 0.15) is 0 Å². The predicted molar refractivity (Wildman–Crippen MR) is 419 cm³/mol. The minimum absolute atomic E-state index is 0.0139. The monoisotopic (exact) mass is 1400 g/mol. The van der Waals surface area contributed by atoms with Crippen molar-refractivity contribution in [2.45, 2.75) is 305 Å². The van der Waals surface area contributed by atoms with Crippen LogP contribution in [0.2, 0.25) is 0 Å². The van der Waals surface area contributed by atoms with E-state index in [1.54, 1.807) is 0 Å². The lowest BCUT2D eigenvalue weighted by atomic mass is 9.92. The van der Waals surface area contributed by atoms with Crippen molar-refractivity contribution in [2.24, 2.45) is 58.8 Å². The van der Waals surface area contributed by atoms with Crippen molar-refractivity contribution in [1.82, 2.24) is 52.5 Å². The molecule has 0 unspecified atom stereocenters. The highest BCUT2D eigenvalue weighted by Crippen LogP contribution is 2.22. The molecule has 0 aliphatic rings. The van der Waals surface area contributed by atoms with E-state index in [0.29, 0.717) is 60.7 Å². The highest BCUT2D eigenvalue weighted by Gasteiger charge is 2.28. The number of carbonyl (C=O) groups excluding carboxylic acids is 8. The number of primary amides is 2. The van der Waals surface area contributed by atoms with Crippen LogP contribution in [-0.2, 0) is 41.6 Å². The molecule has 0 saturated carbocycles. The number of carbonyl (C=O) groups is 8. The summed E-state index contributed by atoms with van der Waals surface area (Å²) in [5.41, 5.74) is 14.6. The first-order chi connectivity index (χ1) is 46.4. The van der Waals surface area contributed by atoms with Gasteiger partial charge in [0.15, 0.2) is 34.7 Å². The average Bonchev–Trinajstić information content (AvgIpc) is 1.68. The quantitative estimate of drug-likeness (QED) is 0.0186. The van der Waals surface area contributed by atoms with E-state index in [4.69, 9.17) is 11.5 Å². The summed E-state index contributed by atoms with van der Waals surface area (Å²) in [7, 11) is 0. The Morgan fingerprint density at radius 2 is 0.570 bits per heavy atom. The van der Waals surface area contributed by atoms with Gasteiger partial charge in [0.2, 0.25) is 0 Å². The third kappa shape index (κ3) is 41.1. The summed E-state index contributed by atoms with van der Waals surface area (Å²) in [5, 5.41) is 27.4. The number of nitrogens with two attached hydrogens (primary N) is 2. The molecule has 0 aliphatic carbocycles. The van der Waals surface area contributed by atoms with E-state index in [0.717, 1.165) is 49.6 Å². The Morgan fingerprint density at radius 1 is 0.330 bits per heavy atom. The number of urea groups is 2. The Hall–Kier alpha value is -6.16. The van der Waals surface area contributed by atoms with E-state index in [1.807, 2.05) is 147 Å². The van der Waals surface area contributed by atoms with Crippen LogP contribution in [-0.4, -0.2) is 142 Å². The SMILES string of the molecule is CC(C)N[C@@H](C(=O)C(C)C)C(C)C.CC(C)N[C@@H](CCCNC(N)=O)C(=O)C(C)C.CC(C)N[C@@H](Cc1c[nH]c2ccccc12)C(=O)C(C)C.CC(C)N[C@@H](Cc1c[nH]c2ccccc12)C(=O)C(C)C.CC(C)N[C@H](C(=O)C(C)C)C(C)C.CC(C)N[C@H](CCCNC(N)=O)C(=O)C(C)C. The smallest absolute Gasteiger partial charge is 0.312 e. The first-order valence-electron chi connectivity index (χ1n) is 37.3. The number of nitrogens with one attached hydrogen (secondary N) is 10. The zero-order valence-corrected chi connectivity index (χ0v) is 67.4. The van der Waals surface area contributed by atoms with E-state index in [2.05, 4.69) is 160 Å². The van der Waals surface area contributed by atoms with E-state index in [9.17, 15) is 38.4 Å². The van der Waals surface area contributed by atoms with Gasteiger partial charge in [-0.3, -0.25) is 28.8 Å². The standard InChI is InChI=1S/2C17H24N2O.2C12H25N3O2.2C11H23NO/c2*1-11(2)17(20)16(19-12(3)4)9-13-10-18-15-8-6-5-7-14(13)15;2*1-8(2)11(16)10(15-9(3)4)6-5-7-14-12(13)17;2*1-7(2)10(12-9(5)6)11(13)8(3)4/h2*5-8,10-12,16,18-19H,9H2,1-4H3;2*8-10,15H,5-7H2,1-4H3,(H3,13,14,17);2*7-10,12H,1-6H3/t2*16-;4*10-/m001010/s1. The number of H-pyrrole nitrogens is 2.